The van der Waals surface area contributed by atoms with Crippen LogP contribution in [-0.4, -0.2) is 0 Å². The molecular weight excluding hydrogens is 719 g/mol. The molecule has 0 saturated heterocycles. The summed E-state index contributed by atoms with van der Waals surface area (Å²) in [5.74, 6) is 0. The average Bonchev–Trinajstić information content (AvgIpc) is 3.69. The molecule has 10 aromatic carbocycles. The van der Waals surface area contributed by atoms with Gasteiger partial charge in [0.1, 0.15) is 0 Å². The van der Waals surface area contributed by atoms with Crippen molar-refractivity contribution in [2.75, 3.05) is 4.90 Å². The highest BCUT2D eigenvalue weighted by Gasteiger charge is 2.22. The van der Waals surface area contributed by atoms with Gasteiger partial charge in [0.15, 0.2) is 0 Å². The van der Waals surface area contributed by atoms with E-state index in [0.717, 1.165) is 17.1 Å². The number of hydrogen-bond donors (Lipinski definition) is 0. The van der Waals surface area contributed by atoms with E-state index in [1.165, 1.54) is 86.2 Å². The van der Waals surface area contributed by atoms with Crippen LogP contribution in [0.5, 0.6) is 0 Å². The maximum Gasteiger partial charge on any atom is 0.0555 e. The van der Waals surface area contributed by atoms with Crippen LogP contribution in [0.2, 0.25) is 0 Å². The first-order chi connectivity index (χ1) is 28.7. The van der Waals surface area contributed by atoms with Crippen LogP contribution < -0.4 is 4.90 Å². The van der Waals surface area contributed by atoms with E-state index in [2.05, 4.69) is 229 Å². The van der Waals surface area contributed by atoms with Gasteiger partial charge in [-0.05, 0) is 109 Å². The molecule has 0 N–H and O–H groups in total. The van der Waals surface area contributed by atoms with E-state index in [0.29, 0.717) is 0 Å². The van der Waals surface area contributed by atoms with Crippen molar-refractivity contribution in [1.82, 2.24) is 0 Å². The summed E-state index contributed by atoms with van der Waals surface area (Å²) in [6.07, 6.45) is 0. The van der Waals surface area contributed by atoms with Gasteiger partial charge in [0.25, 0.3) is 0 Å². The number of rotatable bonds is 7. The molecule has 0 aliphatic carbocycles. The van der Waals surface area contributed by atoms with Crippen molar-refractivity contribution >= 4 is 70.1 Å². The molecule has 0 amide bonds. The second kappa shape index (κ2) is 14.4. The summed E-state index contributed by atoms with van der Waals surface area (Å²) in [5.41, 5.74) is 13.0. The quantitative estimate of drug-likeness (QED) is 0.157. The molecule has 0 bridgehead atoms. The van der Waals surface area contributed by atoms with Gasteiger partial charge >= 0.3 is 0 Å². The van der Waals surface area contributed by atoms with E-state index in [1.807, 2.05) is 11.3 Å². The van der Waals surface area contributed by atoms with Crippen molar-refractivity contribution in [3.05, 3.63) is 224 Å². The fourth-order valence-corrected chi connectivity index (χ4v) is 9.75. The van der Waals surface area contributed by atoms with E-state index in [1.54, 1.807) is 0 Å². The molecule has 1 heterocycles. The number of nitrogens with zero attached hydrogens (tertiary/aromatic N) is 1. The Kier molecular flexibility index (Phi) is 8.42. The first-order valence-corrected chi connectivity index (χ1v) is 20.6. The Bertz CT molecular complexity index is 3280. The van der Waals surface area contributed by atoms with Crippen LogP contribution in [0.3, 0.4) is 0 Å². The van der Waals surface area contributed by atoms with Gasteiger partial charge in [-0.3, -0.25) is 0 Å². The number of hydrogen-bond acceptors (Lipinski definition) is 2. The van der Waals surface area contributed by atoms with Crippen molar-refractivity contribution in [2.45, 2.75) is 0 Å². The van der Waals surface area contributed by atoms with Crippen LogP contribution in [-0.2, 0) is 0 Å². The number of thiophene rings is 1. The molecule has 0 aliphatic heterocycles. The minimum absolute atomic E-state index is 1.10. The number of fused-ring (bicyclic) bond motifs is 5. The monoisotopic (exact) mass is 755 g/mol. The Labute approximate surface area is 342 Å². The molecule has 1 aromatic heterocycles. The third-order valence-electron chi connectivity index (χ3n) is 11.4. The summed E-state index contributed by atoms with van der Waals surface area (Å²) >= 11 is 1.86. The fourth-order valence-electron chi connectivity index (χ4n) is 8.62. The van der Waals surface area contributed by atoms with Gasteiger partial charge in [-0.15, -0.1) is 11.3 Å². The summed E-state index contributed by atoms with van der Waals surface area (Å²) in [6.45, 7) is 0. The Morgan fingerprint density at radius 2 is 0.897 bits per heavy atom. The topological polar surface area (TPSA) is 3.24 Å². The molecule has 58 heavy (non-hydrogen) atoms. The summed E-state index contributed by atoms with van der Waals surface area (Å²) < 4.78 is 2.57. The highest BCUT2D eigenvalue weighted by atomic mass is 32.1. The second-order valence-electron chi connectivity index (χ2n) is 14.9. The Morgan fingerprint density at radius 3 is 1.78 bits per heavy atom. The maximum atomic E-state index is 2.49. The highest BCUT2D eigenvalue weighted by Crippen LogP contribution is 2.48. The van der Waals surface area contributed by atoms with E-state index in [-0.39, 0.29) is 0 Å². The van der Waals surface area contributed by atoms with Gasteiger partial charge in [0, 0.05) is 31.4 Å². The van der Waals surface area contributed by atoms with Gasteiger partial charge in [-0.2, -0.15) is 0 Å². The van der Waals surface area contributed by atoms with Crippen molar-refractivity contribution in [3.63, 3.8) is 0 Å². The molecule has 0 atom stereocenters. The van der Waals surface area contributed by atoms with Crippen LogP contribution in [0.1, 0.15) is 0 Å². The Balaban J connectivity index is 1.11. The third-order valence-corrected chi connectivity index (χ3v) is 12.6. The predicted octanol–water partition coefficient (Wildman–Crippen LogP) is 16.5. The van der Waals surface area contributed by atoms with Crippen LogP contribution >= 0.6 is 11.3 Å². The summed E-state index contributed by atoms with van der Waals surface area (Å²) in [6, 6.07) is 82.1. The van der Waals surface area contributed by atoms with Crippen LogP contribution in [0.25, 0.3) is 86.2 Å². The van der Waals surface area contributed by atoms with E-state index < -0.39 is 0 Å². The number of anilines is 3. The molecule has 0 fully saturated rings. The molecule has 272 valence electrons. The zero-order valence-corrected chi connectivity index (χ0v) is 32.5. The lowest BCUT2D eigenvalue weighted by Gasteiger charge is -2.29. The lowest BCUT2D eigenvalue weighted by atomic mass is 9.94. The minimum atomic E-state index is 1.10. The smallest absolute Gasteiger partial charge is 0.0555 e. The van der Waals surface area contributed by atoms with Gasteiger partial charge in [0.05, 0.1) is 11.4 Å². The molecule has 1 nitrogen and oxygen atoms in total. The average molecular weight is 756 g/mol. The predicted molar refractivity (Wildman–Crippen MR) is 251 cm³/mol. The van der Waals surface area contributed by atoms with Gasteiger partial charge in [-0.1, -0.05) is 176 Å². The summed E-state index contributed by atoms with van der Waals surface area (Å²) in [4.78, 5) is 2.49. The summed E-state index contributed by atoms with van der Waals surface area (Å²) in [5, 5.41) is 7.54. The molecule has 0 aliphatic rings. The maximum absolute atomic E-state index is 2.49. The molecular formula is C56H37NS. The summed E-state index contributed by atoms with van der Waals surface area (Å²) in [7, 11) is 0. The molecule has 0 spiro atoms. The van der Waals surface area contributed by atoms with Crippen LogP contribution in [0, 0.1) is 0 Å². The van der Waals surface area contributed by atoms with E-state index in [9.17, 15) is 0 Å². The van der Waals surface area contributed by atoms with Gasteiger partial charge in [-0.25, -0.2) is 0 Å². The molecule has 0 radical (unpaired) electrons. The Hall–Kier alpha value is -7.26. The van der Waals surface area contributed by atoms with Gasteiger partial charge in [0.2, 0.25) is 0 Å². The molecule has 11 rings (SSSR count). The molecule has 0 unspecified atom stereocenters. The van der Waals surface area contributed by atoms with Crippen LogP contribution in [0.4, 0.5) is 17.1 Å². The highest BCUT2D eigenvalue weighted by molar-refractivity contribution is 7.26. The third kappa shape index (κ3) is 6.03. The first kappa shape index (κ1) is 34.0. The van der Waals surface area contributed by atoms with Crippen molar-refractivity contribution in [1.29, 1.82) is 0 Å². The zero-order valence-electron chi connectivity index (χ0n) is 31.7. The molecule has 0 saturated carbocycles. The first-order valence-electron chi connectivity index (χ1n) is 19.8. The molecule has 11 aromatic rings. The second-order valence-corrected chi connectivity index (χ2v) is 16.0. The lowest BCUT2D eigenvalue weighted by molar-refractivity contribution is 1.30. The lowest BCUT2D eigenvalue weighted by Crippen LogP contribution is -2.12. The Morgan fingerprint density at radius 1 is 0.293 bits per heavy atom. The number of benzene rings is 10. The van der Waals surface area contributed by atoms with Crippen molar-refractivity contribution in [2.24, 2.45) is 0 Å². The van der Waals surface area contributed by atoms with E-state index in [4.69, 9.17) is 0 Å². The fraction of sp³-hybridized carbons (Fsp3) is 0. The van der Waals surface area contributed by atoms with Crippen molar-refractivity contribution in [3.8, 4) is 44.5 Å². The van der Waals surface area contributed by atoms with Crippen molar-refractivity contribution < 1.29 is 0 Å². The normalized spacial score (nSPS) is 11.4. The standard InChI is InChI=1S/C56H37NS/c1-2-14-41(15-3-1)50-34-31-45(44-28-27-38-13-4-5-17-42(38)35-44)37-53(50)57(52-24-12-26-55-56(52)51-22-8-9-25-54(51)58-55)47-32-29-39(30-33-47)43-19-10-20-46(36-43)49-23-11-18-40-16-6-7-21-48(40)49/h1-37H. The van der Waals surface area contributed by atoms with E-state index >= 15 is 0 Å². The minimum Gasteiger partial charge on any atom is -0.309 e. The zero-order chi connectivity index (χ0) is 38.4. The molecule has 2 heteroatoms. The largest absolute Gasteiger partial charge is 0.309 e. The van der Waals surface area contributed by atoms with Gasteiger partial charge < -0.3 is 4.90 Å². The van der Waals surface area contributed by atoms with Crippen LogP contribution in [0.15, 0.2) is 224 Å². The SMILES string of the molecule is c1ccc(-c2ccc(-c3ccc4ccccc4c3)cc2N(c2ccc(-c3cccc(-c4cccc5ccccc45)c3)cc2)c2cccc3sc4ccccc4c23)cc1.